The van der Waals surface area contributed by atoms with Crippen molar-refractivity contribution in [3.63, 3.8) is 0 Å². The van der Waals surface area contributed by atoms with Gasteiger partial charge in [0.2, 0.25) is 11.8 Å². The number of thiophene rings is 2. The summed E-state index contributed by atoms with van der Waals surface area (Å²) in [7, 11) is 0. The topological polar surface area (TPSA) is 58.2 Å². The van der Waals surface area contributed by atoms with Gasteiger partial charge in [-0.1, -0.05) is 26.0 Å². The summed E-state index contributed by atoms with van der Waals surface area (Å²) >= 11 is 3.17. The van der Waals surface area contributed by atoms with Crippen molar-refractivity contribution < 1.29 is 9.59 Å². The van der Waals surface area contributed by atoms with Crippen LogP contribution in [0.2, 0.25) is 0 Å². The molecule has 2 aromatic heterocycles. The molecule has 0 atom stereocenters. The van der Waals surface area contributed by atoms with Crippen molar-refractivity contribution >= 4 is 46.6 Å². The zero-order chi connectivity index (χ0) is 18.1. The van der Waals surface area contributed by atoms with Crippen molar-refractivity contribution in [2.24, 2.45) is 5.41 Å². The van der Waals surface area contributed by atoms with E-state index in [4.69, 9.17) is 0 Å². The Morgan fingerprint density at radius 3 is 1.72 bits per heavy atom. The van der Waals surface area contributed by atoms with E-state index >= 15 is 0 Å². The second kappa shape index (κ2) is 9.34. The van der Waals surface area contributed by atoms with Crippen LogP contribution in [0, 0.1) is 5.41 Å². The fourth-order valence-corrected chi connectivity index (χ4v) is 3.16. The molecule has 0 aromatic carbocycles. The fourth-order valence-electron chi connectivity index (χ4n) is 1.92. The minimum absolute atomic E-state index is 0.134. The first-order valence-electron chi connectivity index (χ1n) is 7.93. The average Bonchev–Trinajstić information content (AvgIpc) is 3.28. The summed E-state index contributed by atoms with van der Waals surface area (Å²) < 4.78 is 0. The van der Waals surface area contributed by atoms with Gasteiger partial charge in [0.05, 0.1) is 0 Å². The van der Waals surface area contributed by atoms with E-state index in [2.05, 4.69) is 10.6 Å². The van der Waals surface area contributed by atoms with Gasteiger partial charge in [-0.3, -0.25) is 9.59 Å². The van der Waals surface area contributed by atoms with Crippen LogP contribution in [0.1, 0.15) is 23.6 Å². The van der Waals surface area contributed by atoms with Crippen LogP contribution < -0.4 is 10.6 Å². The highest BCUT2D eigenvalue weighted by Gasteiger charge is 2.19. The van der Waals surface area contributed by atoms with Crippen molar-refractivity contribution in [2.75, 3.05) is 13.1 Å². The van der Waals surface area contributed by atoms with Gasteiger partial charge in [0.1, 0.15) is 0 Å². The van der Waals surface area contributed by atoms with E-state index in [9.17, 15) is 9.59 Å². The smallest absolute Gasteiger partial charge is 0.244 e. The van der Waals surface area contributed by atoms with E-state index in [0.717, 1.165) is 9.75 Å². The van der Waals surface area contributed by atoms with Gasteiger partial charge < -0.3 is 10.6 Å². The second-order valence-corrected chi connectivity index (χ2v) is 8.26. The molecule has 2 heterocycles. The highest BCUT2D eigenvalue weighted by molar-refractivity contribution is 7.11. The molecule has 0 saturated carbocycles. The molecule has 2 amide bonds. The van der Waals surface area contributed by atoms with Gasteiger partial charge in [-0.25, -0.2) is 0 Å². The predicted octanol–water partition coefficient (Wildman–Crippen LogP) is 3.79. The van der Waals surface area contributed by atoms with Gasteiger partial charge in [0, 0.05) is 35.0 Å². The van der Waals surface area contributed by atoms with Crippen molar-refractivity contribution in [1.29, 1.82) is 0 Å². The molecule has 0 spiro atoms. The number of carbonyl (C=O) groups is 2. The van der Waals surface area contributed by atoms with Crippen molar-refractivity contribution in [1.82, 2.24) is 10.6 Å². The molecule has 0 unspecified atom stereocenters. The lowest BCUT2D eigenvalue weighted by Gasteiger charge is -2.24. The lowest BCUT2D eigenvalue weighted by Crippen LogP contribution is -2.41. The van der Waals surface area contributed by atoms with E-state index in [-0.39, 0.29) is 17.2 Å². The first-order chi connectivity index (χ1) is 11.9. The summed E-state index contributed by atoms with van der Waals surface area (Å²) in [5, 5.41) is 9.69. The Morgan fingerprint density at radius 1 is 0.920 bits per heavy atom. The Kier molecular flexibility index (Phi) is 7.16. The summed E-state index contributed by atoms with van der Waals surface area (Å²) in [6, 6.07) is 7.80. The maximum Gasteiger partial charge on any atom is 0.244 e. The van der Waals surface area contributed by atoms with E-state index in [1.54, 1.807) is 34.8 Å². The molecule has 2 aromatic rings. The number of hydrogen-bond donors (Lipinski definition) is 2. The zero-order valence-electron chi connectivity index (χ0n) is 14.3. The van der Waals surface area contributed by atoms with Gasteiger partial charge in [-0.05, 0) is 40.5 Å². The monoisotopic (exact) mass is 374 g/mol. The number of carbonyl (C=O) groups excluding carboxylic acids is 2. The third-order valence-corrected chi connectivity index (χ3v) is 5.04. The summed E-state index contributed by atoms with van der Waals surface area (Å²) in [5.74, 6) is -0.268. The molecule has 6 heteroatoms. The Morgan fingerprint density at radius 2 is 1.36 bits per heavy atom. The van der Waals surface area contributed by atoms with Crippen LogP contribution >= 0.6 is 22.7 Å². The zero-order valence-corrected chi connectivity index (χ0v) is 16.0. The van der Waals surface area contributed by atoms with Crippen LogP contribution in [0.15, 0.2) is 47.2 Å². The summed E-state index contributed by atoms with van der Waals surface area (Å²) in [6.07, 6.45) is 6.66. The highest BCUT2D eigenvalue weighted by Crippen LogP contribution is 2.13. The molecular weight excluding hydrogens is 352 g/mol. The number of amides is 2. The van der Waals surface area contributed by atoms with Crippen molar-refractivity contribution in [3.05, 3.63) is 56.9 Å². The second-order valence-electron chi connectivity index (χ2n) is 6.30. The van der Waals surface area contributed by atoms with E-state index < -0.39 is 0 Å². The summed E-state index contributed by atoms with van der Waals surface area (Å²) in [5.41, 5.74) is -0.237. The van der Waals surface area contributed by atoms with Crippen LogP contribution in [0.25, 0.3) is 12.2 Å². The molecule has 0 saturated heterocycles. The predicted molar refractivity (Wildman–Crippen MR) is 107 cm³/mol. The molecule has 25 heavy (non-hydrogen) atoms. The van der Waals surface area contributed by atoms with E-state index in [0.29, 0.717) is 13.1 Å². The molecule has 0 radical (unpaired) electrons. The van der Waals surface area contributed by atoms with Crippen molar-refractivity contribution in [3.8, 4) is 0 Å². The lowest BCUT2D eigenvalue weighted by molar-refractivity contribution is -0.116. The Labute approximate surface area is 156 Å². The Bertz CT molecular complexity index is 667. The van der Waals surface area contributed by atoms with Gasteiger partial charge in [0.15, 0.2) is 0 Å². The SMILES string of the molecule is CC(C)(CNC(=O)/C=C/c1cccs1)CNC(=O)/C=C/c1cccs1. The van der Waals surface area contributed by atoms with Gasteiger partial charge in [-0.15, -0.1) is 22.7 Å². The number of nitrogens with one attached hydrogen (secondary N) is 2. The lowest BCUT2D eigenvalue weighted by atomic mass is 9.93. The fraction of sp³-hybridized carbons (Fsp3) is 0.263. The first kappa shape index (κ1) is 19.1. The maximum absolute atomic E-state index is 11.9. The minimum Gasteiger partial charge on any atom is -0.352 e. The maximum atomic E-state index is 11.9. The molecular formula is C19H22N2O2S2. The van der Waals surface area contributed by atoms with Gasteiger partial charge in [0.25, 0.3) is 0 Å². The van der Waals surface area contributed by atoms with Gasteiger partial charge >= 0.3 is 0 Å². The molecule has 2 rings (SSSR count). The van der Waals surface area contributed by atoms with E-state index in [1.807, 2.05) is 48.9 Å². The van der Waals surface area contributed by atoms with Crippen LogP contribution in [0.4, 0.5) is 0 Å². The number of rotatable bonds is 8. The molecule has 0 aliphatic rings. The average molecular weight is 375 g/mol. The first-order valence-corrected chi connectivity index (χ1v) is 9.69. The molecule has 2 N–H and O–H groups in total. The quantitative estimate of drug-likeness (QED) is 0.691. The standard InChI is InChI=1S/C19H22N2O2S2/c1-19(2,13-20-17(22)9-7-15-5-3-11-24-15)14-21-18(23)10-8-16-6-4-12-25-16/h3-12H,13-14H2,1-2H3,(H,20,22)(H,21,23)/b9-7+,10-8+. The molecule has 0 aliphatic carbocycles. The minimum atomic E-state index is -0.237. The van der Waals surface area contributed by atoms with Crippen molar-refractivity contribution in [2.45, 2.75) is 13.8 Å². The van der Waals surface area contributed by atoms with Crippen LogP contribution in [-0.2, 0) is 9.59 Å². The molecule has 0 bridgehead atoms. The van der Waals surface area contributed by atoms with E-state index in [1.165, 1.54) is 12.2 Å². The molecule has 0 fully saturated rings. The number of hydrogen-bond acceptors (Lipinski definition) is 4. The third kappa shape index (κ3) is 7.49. The largest absolute Gasteiger partial charge is 0.352 e. The molecule has 4 nitrogen and oxygen atoms in total. The van der Waals surface area contributed by atoms with Gasteiger partial charge in [-0.2, -0.15) is 0 Å². The highest BCUT2D eigenvalue weighted by atomic mass is 32.1. The Hall–Kier alpha value is -2.18. The van der Waals surface area contributed by atoms with Crippen LogP contribution in [0.3, 0.4) is 0 Å². The molecule has 132 valence electrons. The third-order valence-electron chi connectivity index (χ3n) is 3.37. The Balaban J connectivity index is 1.71. The summed E-state index contributed by atoms with van der Waals surface area (Å²) in [4.78, 5) is 25.8. The normalized spacial score (nSPS) is 11.9. The van der Waals surface area contributed by atoms with Crippen LogP contribution in [0.5, 0.6) is 0 Å². The molecule has 0 aliphatic heterocycles. The van der Waals surface area contributed by atoms with Crippen LogP contribution in [-0.4, -0.2) is 24.9 Å². The summed E-state index contributed by atoms with van der Waals surface area (Å²) in [6.45, 7) is 4.96.